The van der Waals surface area contributed by atoms with Crippen LogP contribution in [0.1, 0.15) is 24.1 Å². The number of rotatable bonds is 5. The Kier molecular flexibility index (Phi) is 5.85. The number of alkyl halides is 3. The summed E-state index contributed by atoms with van der Waals surface area (Å²) in [4.78, 5) is 11.9. The van der Waals surface area contributed by atoms with Crippen molar-refractivity contribution >= 4 is 23.2 Å². The Morgan fingerprint density at radius 3 is 2.46 bits per heavy atom. The van der Waals surface area contributed by atoms with Gasteiger partial charge in [0.25, 0.3) is 0 Å². The Balaban J connectivity index is 1.97. The summed E-state index contributed by atoms with van der Waals surface area (Å²) < 4.78 is 38.1. The van der Waals surface area contributed by atoms with E-state index in [9.17, 15) is 18.0 Å². The molecule has 0 aliphatic heterocycles. The highest BCUT2D eigenvalue weighted by Gasteiger charge is 2.31. The summed E-state index contributed by atoms with van der Waals surface area (Å²) in [5.74, 6) is -0.473. The van der Waals surface area contributed by atoms with Gasteiger partial charge >= 0.3 is 6.18 Å². The standard InChI is InChI=1S/C17H16ClF3N2O/c1-11(12-5-3-2-4-6-12)22-10-16(24)23-15-9-13(17(19,20)21)7-8-14(15)18/h2-9,11,22H,10H2,1H3,(H,23,24)/t11-/m0/s1. The van der Waals surface area contributed by atoms with Gasteiger partial charge in [-0.1, -0.05) is 41.9 Å². The van der Waals surface area contributed by atoms with Gasteiger partial charge in [-0.3, -0.25) is 4.79 Å². The maximum absolute atomic E-state index is 12.7. The average Bonchev–Trinajstić information content (AvgIpc) is 2.54. The molecule has 2 N–H and O–H groups in total. The molecule has 2 aromatic carbocycles. The zero-order valence-corrected chi connectivity index (χ0v) is 13.6. The predicted molar refractivity (Wildman–Crippen MR) is 87.9 cm³/mol. The van der Waals surface area contributed by atoms with Gasteiger partial charge in [-0.15, -0.1) is 0 Å². The van der Waals surface area contributed by atoms with Gasteiger partial charge in [0, 0.05) is 6.04 Å². The van der Waals surface area contributed by atoms with Gasteiger partial charge < -0.3 is 10.6 Å². The lowest BCUT2D eigenvalue weighted by Gasteiger charge is -2.15. The van der Waals surface area contributed by atoms with Crippen LogP contribution in [-0.4, -0.2) is 12.5 Å². The van der Waals surface area contributed by atoms with Gasteiger partial charge in [0.2, 0.25) is 5.91 Å². The van der Waals surface area contributed by atoms with Crippen LogP contribution in [0.4, 0.5) is 18.9 Å². The fourth-order valence-corrected chi connectivity index (χ4v) is 2.26. The van der Waals surface area contributed by atoms with Crippen LogP contribution in [0.3, 0.4) is 0 Å². The molecule has 0 radical (unpaired) electrons. The molecule has 1 amide bonds. The van der Waals surface area contributed by atoms with Crippen molar-refractivity contribution in [3.63, 3.8) is 0 Å². The van der Waals surface area contributed by atoms with Crippen LogP contribution >= 0.6 is 11.6 Å². The van der Waals surface area contributed by atoms with Crippen LogP contribution in [0, 0.1) is 0 Å². The van der Waals surface area contributed by atoms with E-state index in [0.29, 0.717) is 0 Å². The number of hydrogen-bond donors (Lipinski definition) is 2. The fourth-order valence-electron chi connectivity index (χ4n) is 2.10. The summed E-state index contributed by atoms with van der Waals surface area (Å²) in [6.45, 7) is 1.84. The molecule has 3 nitrogen and oxygen atoms in total. The van der Waals surface area contributed by atoms with E-state index in [1.807, 2.05) is 37.3 Å². The zero-order valence-electron chi connectivity index (χ0n) is 12.8. The van der Waals surface area contributed by atoms with Crippen molar-refractivity contribution in [3.05, 3.63) is 64.7 Å². The number of anilines is 1. The largest absolute Gasteiger partial charge is 0.416 e. The van der Waals surface area contributed by atoms with E-state index in [1.54, 1.807) is 0 Å². The SMILES string of the molecule is C[C@H](NCC(=O)Nc1cc(C(F)(F)F)ccc1Cl)c1ccccc1. The summed E-state index contributed by atoms with van der Waals surface area (Å²) in [7, 11) is 0. The van der Waals surface area contributed by atoms with Gasteiger partial charge in [0.15, 0.2) is 0 Å². The zero-order chi connectivity index (χ0) is 17.7. The van der Waals surface area contributed by atoms with E-state index in [1.165, 1.54) is 0 Å². The Morgan fingerprint density at radius 2 is 1.83 bits per heavy atom. The lowest BCUT2D eigenvalue weighted by molar-refractivity contribution is -0.137. The number of benzene rings is 2. The lowest BCUT2D eigenvalue weighted by atomic mass is 10.1. The highest BCUT2D eigenvalue weighted by Crippen LogP contribution is 2.33. The van der Waals surface area contributed by atoms with Crippen LogP contribution in [-0.2, 0) is 11.0 Å². The number of hydrogen-bond acceptors (Lipinski definition) is 2. The topological polar surface area (TPSA) is 41.1 Å². The van der Waals surface area contributed by atoms with Gasteiger partial charge in [-0.25, -0.2) is 0 Å². The molecule has 2 rings (SSSR count). The van der Waals surface area contributed by atoms with E-state index >= 15 is 0 Å². The van der Waals surface area contributed by atoms with E-state index in [-0.39, 0.29) is 23.3 Å². The first-order chi connectivity index (χ1) is 11.3. The molecule has 0 spiro atoms. The van der Waals surface area contributed by atoms with Crippen molar-refractivity contribution in [1.82, 2.24) is 5.32 Å². The highest BCUT2D eigenvalue weighted by atomic mass is 35.5. The number of nitrogens with one attached hydrogen (secondary N) is 2. The molecule has 24 heavy (non-hydrogen) atoms. The Labute approximate surface area is 142 Å². The van der Waals surface area contributed by atoms with Crippen LogP contribution in [0.2, 0.25) is 5.02 Å². The summed E-state index contributed by atoms with van der Waals surface area (Å²) in [6, 6.07) is 12.2. The molecule has 0 unspecified atom stereocenters. The van der Waals surface area contributed by atoms with Crippen molar-refractivity contribution < 1.29 is 18.0 Å². The quantitative estimate of drug-likeness (QED) is 0.818. The highest BCUT2D eigenvalue weighted by molar-refractivity contribution is 6.33. The minimum absolute atomic E-state index is 0.0486. The third-order valence-corrected chi connectivity index (χ3v) is 3.77. The number of amides is 1. The van der Waals surface area contributed by atoms with Crippen molar-refractivity contribution in [1.29, 1.82) is 0 Å². The molecule has 0 saturated heterocycles. The molecule has 7 heteroatoms. The van der Waals surface area contributed by atoms with Crippen LogP contribution < -0.4 is 10.6 Å². The van der Waals surface area contributed by atoms with Crippen molar-refractivity contribution in [3.8, 4) is 0 Å². The van der Waals surface area contributed by atoms with Crippen LogP contribution in [0.5, 0.6) is 0 Å². The minimum atomic E-state index is -4.50. The Hall–Kier alpha value is -2.05. The summed E-state index contributed by atoms with van der Waals surface area (Å²) in [5, 5.41) is 5.45. The first-order valence-electron chi connectivity index (χ1n) is 7.22. The molecule has 1 atom stereocenters. The molecule has 0 bridgehead atoms. The summed E-state index contributed by atoms with van der Waals surface area (Å²) >= 11 is 5.85. The molecular weight excluding hydrogens is 341 g/mol. The molecule has 0 heterocycles. The fraction of sp³-hybridized carbons (Fsp3) is 0.235. The maximum Gasteiger partial charge on any atom is 0.416 e. The van der Waals surface area contributed by atoms with Gasteiger partial charge in [-0.05, 0) is 30.7 Å². The number of halogens is 4. The van der Waals surface area contributed by atoms with E-state index in [0.717, 1.165) is 23.8 Å². The van der Waals surface area contributed by atoms with E-state index in [4.69, 9.17) is 11.6 Å². The molecule has 0 aliphatic rings. The Bertz CT molecular complexity index is 705. The van der Waals surface area contributed by atoms with Gasteiger partial charge in [-0.2, -0.15) is 13.2 Å². The average molecular weight is 357 g/mol. The first kappa shape index (κ1) is 18.3. The second kappa shape index (κ2) is 7.68. The van der Waals surface area contributed by atoms with Crippen molar-refractivity contribution in [2.75, 3.05) is 11.9 Å². The second-order valence-electron chi connectivity index (χ2n) is 5.25. The molecule has 128 valence electrons. The lowest BCUT2D eigenvalue weighted by Crippen LogP contribution is -2.30. The van der Waals surface area contributed by atoms with E-state index in [2.05, 4.69) is 10.6 Å². The molecule has 0 saturated carbocycles. The summed E-state index contributed by atoms with van der Waals surface area (Å²) in [5.41, 5.74) is 0.0702. The van der Waals surface area contributed by atoms with Gasteiger partial charge in [0.1, 0.15) is 0 Å². The third-order valence-electron chi connectivity index (χ3n) is 3.44. The monoisotopic (exact) mass is 356 g/mol. The molecule has 2 aromatic rings. The second-order valence-corrected chi connectivity index (χ2v) is 5.66. The van der Waals surface area contributed by atoms with Gasteiger partial charge in [0.05, 0.1) is 22.8 Å². The Morgan fingerprint density at radius 1 is 1.17 bits per heavy atom. The number of carbonyl (C=O) groups excluding carboxylic acids is 1. The normalized spacial score (nSPS) is 12.7. The molecule has 0 aromatic heterocycles. The molecular formula is C17H16ClF3N2O. The van der Waals surface area contributed by atoms with E-state index < -0.39 is 17.6 Å². The number of carbonyl (C=O) groups is 1. The van der Waals surface area contributed by atoms with Crippen LogP contribution in [0.15, 0.2) is 48.5 Å². The maximum atomic E-state index is 12.7. The minimum Gasteiger partial charge on any atom is -0.324 e. The third kappa shape index (κ3) is 4.97. The molecule has 0 fully saturated rings. The van der Waals surface area contributed by atoms with Crippen LogP contribution in [0.25, 0.3) is 0 Å². The van der Waals surface area contributed by atoms with Crippen molar-refractivity contribution in [2.24, 2.45) is 0 Å². The smallest absolute Gasteiger partial charge is 0.324 e. The predicted octanol–water partition coefficient (Wildman–Crippen LogP) is 4.65. The molecule has 0 aliphatic carbocycles. The summed E-state index contributed by atoms with van der Waals surface area (Å²) in [6.07, 6.45) is -4.50. The van der Waals surface area contributed by atoms with Crippen molar-refractivity contribution in [2.45, 2.75) is 19.1 Å². The first-order valence-corrected chi connectivity index (χ1v) is 7.60.